The van der Waals surface area contributed by atoms with Crippen molar-refractivity contribution in [3.8, 4) is 0 Å². The smallest absolute Gasteiger partial charge is 0.246 e. The standard InChI is InChI=1S/C27H42N4O5/c1-5-23(32)14-11-18-30(19-12-16-28-25(34)6-2)21-15-24(33)13-9-10-20-31(27(36)8-4)22-17-29-26(35)7-3/h5-8H,1-4,9-22H2,(H,28,34)(H,29,35). The maximum Gasteiger partial charge on any atom is 0.246 e. The fraction of sp³-hybridized carbons (Fsp3) is 0.519. The molecule has 0 rings (SSSR count). The van der Waals surface area contributed by atoms with Crippen molar-refractivity contribution in [1.82, 2.24) is 20.4 Å². The highest BCUT2D eigenvalue weighted by Gasteiger charge is 2.12. The zero-order valence-electron chi connectivity index (χ0n) is 21.5. The van der Waals surface area contributed by atoms with Crippen LogP contribution in [0.15, 0.2) is 50.6 Å². The SMILES string of the molecule is C=CC(=O)CCCN(CCCNC(=O)C=C)CCC(=O)CCCCN(CCNC(=O)C=C)C(=O)C=C. The third-order valence-electron chi connectivity index (χ3n) is 5.45. The van der Waals surface area contributed by atoms with E-state index in [1.165, 1.54) is 24.3 Å². The van der Waals surface area contributed by atoms with Gasteiger partial charge in [-0.2, -0.15) is 0 Å². The van der Waals surface area contributed by atoms with Crippen LogP contribution in [0.2, 0.25) is 0 Å². The average Bonchev–Trinajstić information content (AvgIpc) is 2.89. The quantitative estimate of drug-likeness (QED) is 0.163. The van der Waals surface area contributed by atoms with Gasteiger partial charge < -0.3 is 20.4 Å². The van der Waals surface area contributed by atoms with Crippen LogP contribution in [-0.2, 0) is 24.0 Å². The Labute approximate surface area is 215 Å². The predicted octanol–water partition coefficient (Wildman–Crippen LogP) is 1.96. The highest BCUT2D eigenvalue weighted by atomic mass is 16.2. The fourth-order valence-corrected chi connectivity index (χ4v) is 3.38. The van der Waals surface area contributed by atoms with Crippen LogP contribution in [0.3, 0.4) is 0 Å². The van der Waals surface area contributed by atoms with Crippen LogP contribution >= 0.6 is 0 Å². The van der Waals surface area contributed by atoms with Crippen LogP contribution < -0.4 is 10.6 Å². The summed E-state index contributed by atoms with van der Waals surface area (Å²) in [7, 11) is 0. The van der Waals surface area contributed by atoms with Crippen LogP contribution in [0, 0.1) is 0 Å². The fourth-order valence-electron chi connectivity index (χ4n) is 3.38. The summed E-state index contributed by atoms with van der Waals surface area (Å²) in [4.78, 5) is 62.2. The maximum atomic E-state index is 12.4. The maximum absolute atomic E-state index is 12.4. The number of ketones is 2. The molecule has 3 amide bonds. The average molecular weight is 503 g/mol. The molecule has 2 N–H and O–H groups in total. The molecule has 200 valence electrons. The van der Waals surface area contributed by atoms with Crippen molar-refractivity contribution in [3.05, 3.63) is 50.6 Å². The van der Waals surface area contributed by atoms with Gasteiger partial charge in [-0.1, -0.05) is 26.3 Å². The monoisotopic (exact) mass is 502 g/mol. The van der Waals surface area contributed by atoms with E-state index in [1.54, 1.807) is 4.90 Å². The Kier molecular flexibility index (Phi) is 19.1. The third kappa shape index (κ3) is 17.2. The largest absolute Gasteiger partial charge is 0.353 e. The zero-order chi connectivity index (χ0) is 27.2. The summed E-state index contributed by atoms with van der Waals surface area (Å²) in [6, 6.07) is 0. The van der Waals surface area contributed by atoms with E-state index < -0.39 is 0 Å². The number of hydrogen-bond donors (Lipinski definition) is 2. The normalized spacial score (nSPS) is 10.2. The van der Waals surface area contributed by atoms with Gasteiger partial charge in [-0.25, -0.2) is 0 Å². The molecule has 0 atom stereocenters. The number of rotatable bonds is 23. The van der Waals surface area contributed by atoms with Gasteiger partial charge in [0.15, 0.2) is 5.78 Å². The minimum absolute atomic E-state index is 0.00339. The van der Waals surface area contributed by atoms with Crippen molar-refractivity contribution < 1.29 is 24.0 Å². The van der Waals surface area contributed by atoms with Crippen LogP contribution in [0.5, 0.6) is 0 Å². The number of hydrogen-bond acceptors (Lipinski definition) is 6. The van der Waals surface area contributed by atoms with E-state index in [2.05, 4.69) is 41.8 Å². The van der Waals surface area contributed by atoms with E-state index in [4.69, 9.17) is 0 Å². The zero-order valence-corrected chi connectivity index (χ0v) is 21.5. The molecule has 0 aromatic carbocycles. The first-order valence-electron chi connectivity index (χ1n) is 12.4. The molecule has 0 heterocycles. The number of amides is 3. The summed E-state index contributed by atoms with van der Waals surface area (Å²) in [5.74, 6) is -0.597. The predicted molar refractivity (Wildman–Crippen MR) is 142 cm³/mol. The van der Waals surface area contributed by atoms with E-state index in [9.17, 15) is 24.0 Å². The molecule has 0 saturated heterocycles. The lowest BCUT2D eigenvalue weighted by Gasteiger charge is -2.22. The molecule has 0 aliphatic rings. The number of Topliss-reactive ketones (excluding diaryl/α,β-unsaturated/α-hetero) is 1. The number of allylic oxidation sites excluding steroid dienone is 1. The second-order valence-corrected chi connectivity index (χ2v) is 8.23. The molecule has 9 heteroatoms. The van der Waals surface area contributed by atoms with Gasteiger partial charge in [-0.15, -0.1) is 0 Å². The Balaban J connectivity index is 4.45. The molecule has 0 unspecified atom stereocenters. The van der Waals surface area contributed by atoms with Crippen molar-refractivity contribution in [2.24, 2.45) is 0 Å². The lowest BCUT2D eigenvalue weighted by molar-refractivity contribution is -0.126. The minimum Gasteiger partial charge on any atom is -0.353 e. The Morgan fingerprint density at radius 1 is 0.583 bits per heavy atom. The minimum atomic E-state index is -0.297. The number of carbonyl (C=O) groups excluding carboxylic acids is 5. The van der Waals surface area contributed by atoms with Gasteiger partial charge in [-0.05, 0) is 63.1 Å². The highest BCUT2D eigenvalue weighted by molar-refractivity contribution is 5.89. The van der Waals surface area contributed by atoms with Crippen molar-refractivity contribution in [2.75, 3.05) is 45.8 Å². The van der Waals surface area contributed by atoms with Gasteiger partial charge >= 0.3 is 0 Å². The Morgan fingerprint density at radius 3 is 1.83 bits per heavy atom. The van der Waals surface area contributed by atoms with Gasteiger partial charge in [0.05, 0.1) is 0 Å². The molecule has 0 aromatic heterocycles. The van der Waals surface area contributed by atoms with Crippen LogP contribution in [-0.4, -0.2) is 84.9 Å². The number of carbonyl (C=O) groups is 5. The summed E-state index contributed by atoms with van der Waals surface area (Å²) in [6.45, 7) is 17.4. The second kappa shape index (κ2) is 21.0. The third-order valence-corrected chi connectivity index (χ3v) is 5.45. The van der Waals surface area contributed by atoms with Gasteiger partial charge in [0.25, 0.3) is 0 Å². The summed E-state index contributed by atoms with van der Waals surface area (Å²) in [5.41, 5.74) is 0. The van der Waals surface area contributed by atoms with Crippen molar-refractivity contribution in [3.63, 3.8) is 0 Å². The van der Waals surface area contributed by atoms with E-state index in [0.29, 0.717) is 84.3 Å². The number of unbranched alkanes of at least 4 members (excludes halogenated alkanes) is 1. The van der Waals surface area contributed by atoms with Gasteiger partial charge in [0, 0.05) is 52.0 Å². The van der Waals surface area contributed by atoms with E-state index in [0.717, 1.165) is 6.42 Å². The molecule has 0 aliphatic carbocycles. The molecule has 36 heavy (non-hydrogen) atoms. The molecule has 0 aromatic rings. The molecule has 0 radical (unpaired) electrons. The van der Waals surface area contributed by atoms with E-state index >= 15 is 0 Å². The summed E-state index contributed by atoms with van der Waals surface area (Å²) in [6.07, 6.45) is 8.91. The lowest BCUT2D eigenvalue weighted by atomic mass is 10.1. The number of nitrogens with zero attached hydrogens (tertiary/aromatic N) is 2. The Morgan fingerprint density at radius 2 is 1.22 bits per heavy atom. The van der Waals surface area contributed by atoms with Crippen LogP contribution in [0.25, 0.3) is 0 Å². The van der Waals surface area contributed by atoms with Gasteiger partial charge in [0.1, 0.15) is 5.78 Å². The summed E-state index contributed by atoms with van der Waals surface area (Å²) >= 11 is 0. The van der Waals surface area contributed by atoms with E-state index in [-0.39, 0.29) is 29.3 Å². The Hall–Kier alpha value is -3.33. The van der Waals surface area contributed by atoms with Gasteiger partial charge in [0.2, 0.25) is 17.7 Å². The van der Waals surface area contributed by atoms with Crippen molar-refractivity contribution in [1.29, 1.82) is 0 Å². The van der Waals surface area contributed by atoms with Crippen molar-refractivity contribution >= 4 is 29.3 Å². The van der Waals surface area contributed by atoms with Crippen LogP contribution in [0.1, 0.15) is 44.9 Å². The molecular formula is C27H42N4O5. The number of nitrogens with one attached hydrogen (secondary N) is 2. The summed E-state index contributed by atoms with van der Waals surface area (Å²) in [5, 5.41) is 5.37. The molecule has 0 aliphatic heterocycles. The lowest BCUT2D eigenvalue weighted by Crippen LogP contribution is -2.38. The Bertz CT molecular complexity index is 778. The molecular weight excluding hydrogens is 460 g/mol. The van der Waals surface area contributed by atoms with Crippen LogP contribution in [0.4, 0.5) is 0 Å². The topological polar surface area (TPSA) is 116 Å². The first kappa shape index (κ1) is 32.7. The summed E-state index contributed by atoms with van der Waals surface area (Å²) < 4.78 is 0. The first-order valence-corrected chi connectivity index (χ1v) is 12.4. The molecule has 9 nitrogen and oxygen atoms in total. The van der Waals surface area contributed by atoms with Gasteiger partial charge in [-0.3, -0.25) is 24.0 Å². The molecule has 0 spiro atoms. The molecule has 0 bridgehead atoms. The molecule has 0 fully saturated rings. The first-order chi connectivity index (χ1) is 17.3. The molecule has 0 saturated carbocycles. The van der Waals surface area contributed by atoms with E-state index in [1.807, 2.05) is 0 Å². The van der Waals surface area contributed by atoms with Crippen molar-refractivity contribution in [2.45, 2.75) is 44.9 Å². The highest BCUT2D eigenvalue weighted by Crippen LogP contribution is 2.06. The second-order valence-electron chi connectivity index (χ2n) is 8.23.